The maximum Gasteiger partial charge on any atom is 0.412 e. The lowest BCUT2D eigenvalue weighted by atomic mass is 9.55. The molecule has 1 fully saturated rings. The summed E-state index contributed by atoms with van der Waals surface area (Å²) in [5, 5.41) is 38.9. The molecule has 2 aliphatic carbocycles. The molecule has 15 heteroatoms. The number of carbonyl (C=O) groups is 2. The zero-order valence-electron chi connectivity index (χ0n) is 38.2. The number of allylic oxidation sites excluding steroid dienone is 1. The standard InChI is InChI=1S/C53H59FN4O10/c1-3-30-65-53-48(57(35-38-16-21-40(54)22-17-38)49(61)27-20-36-18-23-41(24-19-36)58(63)64)33-46(56-66-4-2)44-31-39(14-8-10-28-59)43(15-9-11-29-60)50(51(44)53)45-32-42(25-26-47(45)68-53)67-52(62)55-34-37-12-6-5-7-13-37/h3,5-7,12-13,16-27,31-32,39,43,48,50-51,59-60H,1,4,8-11,14-15,28-30,33-35H2,2H3,(H,55,62). The van der Waals surface area contributed by atoms with E-state index >= 15 is 4.79 Å². The zero-order chi connectivity index (χ0) is 48.0. The molecule has 2 amide bonds. The average molecular weight is 931 g/mol. The summed E-state index contributed by atoms with van der Waals surface area (Å²) in [6, 6.07) is 25.6. The second-order valence-corrected chi connectivity index (χ2v) is 17.2. The van der Waals surface area contributed by atoms with Crippen LogP contribution in [0.25, 0.3) is 6.08 Å². The number of hydrogen-bond acceptors (Lipinski definition) is 11. The number of nitrogens with zero attached hydrogens (tertiary/aromatic N) is 3. The first-order valence-electron chi connectivity index (χ1n) is 23.3. The molecule has 1 heterocycles. The Morgan fingerprint density at radius 2 is 1.72 bits per heavy atom. The highest BCUT2D eigenvalue weighted by atomic mass is 19.1. The van der Waals surface area contributed by atoms with Gasteiger partial charge in [0.25, 0.3) is 5.69 Å². The molecular weight excluding hydrogens is 872 g/mol. The maximum absolute atomic E-state index is 15.0. The fourth-order valence-corrected chi connectivity index (χ4v) is 9.87. The molecule has 0 aromatic heterocycles. The van der Waals surface area contributed by atoms with Crippen molar-refractivity contribution in [2.45, 2.75) is 82.7 Å². The molecule has 0 radical (unpaired) electrons. The lowest BCUT2D eigenvalue weighted by Gasteiger charge is -2.60. The molecule has 1 aliphatic heterocycles. The number of aliphatic hydroxyl groups is 2. The van der Waals surface area contributed by atoms with Crippen molar-refractivity contribution in [2.24, 2.45) is 22.9 Å². The van der Waals surface area contributed by atoms with Gasteiger partial charge >= 0.3 is 6.09 Å². The first-order valence-corrected chi connectivity index (χ1v) is 23.3. The van der Waals surface area contributed by atoms with Crippen molar-refractivity contribution in [3.8, 4) is 11.5 Å². The number of nitro benzene ring substituents is 1. The Hall–Kier alpha value is -6.68. The number of rotatable bonds is 22. The van der Waals surface area contributed by atoms with Crippen molar-refractivity contribution in [3.63, 3.8) is 0 Å². The molecule has 4 aromatic carbocycles. The summed E-state index contributed by atoms with van der Waals surface area (Å²) in [7, 11) is 0. The van der Waals surface area contributed by atoms with Gasteiger partial charge in [-0.15, -0.1) is 6.58 Å². The number of aliphatic hydroxyl groups excluding tert-OH is 2. The molecule has 68 heavy (non-hydrogen) atoms. The molecule has 0 spiro atoms. The van der Waals surface area contributed by atoms with Gasteiger partial charge in [0, 0.05) is 62.4 Å². The summed E-state index contributed by atoms with van der Waals surface area (Å²) in [6.45, 7) is 6.43. The van der Waals surface area contributed by atoms with Crippen LogP contribution in [0.15, 0.2) is 133 Å². The normalized spacial score (nSPS) is 22.0. The number of nitrogens with one attached hydrogen (secondary N) is 1. The Morgan fingerprint density at radius 3 is 2.41 bits per heavy atom. The summed E-state index contributed by atoms with van der Waals surface area (Å²) < 4.78 is 34.7. The van der Waals surface area contributed by atoms with Gasteiger partial charge in [0.2, 0.25) is 11.7 Å². The predicted molar refractivity (Wildman–Crippen MR) is 255 cm³/mol. The van der Waals surface area contributed by atoms with E-state index in [1.165, 1.54) is 30.3 Å². The van der Waals surface area contributed by atoms with Crippen molar-refractivity contribution in [1.29, 1.82) is 0 Å². The van der Waals surface area contributed by atoms with Gasteiger partial charge in [-0.25, -0.2) is 9.18 Å². The fraction of sp³-hybridized carbons (Fsp3) is 0.377. The molecule has 358 valence electrons. The van der Waals surface area contributed by atoms with Crippen molar-refractivity contribution < 1.29 is 48.2 Å². The molecule has 3 aliphatic rings. The van der Waals surface area contributed by atoms with Gasteiger partial charge in [-0.1, -0.05) is 72.6 Å². The number of hydrogen-bond donors (Lipinski definition) is 3. The van der Waals surface area contributed by atoms with E-state index < -0.39 is 46.4 Å². The molecule has 0 bridgehead atoms. The van der Waals surface area contributed by atoms with Crippen LogP contribution in [-0.2, 0) is 27.5 Å². The van der Waals surface area contributed by atoms with Gasteiger partial charge in [0.05, 0.1) is 23.2 Å². The second kappa shape index (κ2) is 23.4. The summed E-state index contributed by atoms with van der Waals surface area (Å²) >= 11 is 0. The van der Waals surface area contributed by atoms with Crippen LogP contribution in [0.1, 0.15) is 80.0 Å². The molecule has 4 aromatic rings. The van der Waals surface area contributed by atoms with Crippen LogP contribution < -0.4 is 14.8 Å². The number of benzene rings is 4. The molecule has 7 rings (SSSR count). The zero-order valence-corrected chi connectivity index (χ0v) is 38.2. The summed E-state index contributed by atoms with van der Waals surface area (Å²) in [6.07, 6.45) is 10.3. The third-order valence-electron chi connectivity index (χ3n) is 12.9. The minimum absolute atomic E-state index is 0.00324. The summed E-state index contributed by atoms with van der Waals surface area (Å²) in [5.41, 5.74) is 4.16. The van der Waals surface area contributed by atoms with Gasteiger partial charge in [0.1, 0.15) is 30.0 Å². The van der Waals surface area contributed by atoms with Crippen LogP contribution in [0.2, 0.25) is 0 Å². The lowest BCUT2D eigenvalue weighted by molar-refractivity contribution is -0.384. The smallest absolute Gasteiger partial charge is 0.412 e. The fourth-order valence-electron chi connectivity index (χ4n) is 9.87. The van der Waals surface area contributed by atoms with Crippen LogP contribution in [0.3, 0.4) is 0 Å². The topological polar surface area (TPSA) is 182 Å². The monoisotopic (exact) mass is 930 g/mol. The molecule has 0 saturated heterocycles. The van der Waals surface area contributed by atoms with E-state index in [9.17, 15) is 29.5 Å². The number of ether oxygens (including phenoxy) is 3. The Labute approximate surface area is 395 Å². The van der Waals surface area contributed by atoms with Crippen LogP contribution in [0.4, 0.5) is 14.9 Å². The number of fused-ring (bicyclic) bond motifs is 2. The van der Waals surface area contributed by atoms with Crippen LogP contribution >= 0.6 is 0 Å². The Balaban J connectivity index is 1.40. The highest BCUT2D eigenvalue weighted by molar-refractivity contribution is 6.03. The quantitative estimate of drug-likeness (QED) is 0.0226. The maximum atomic E-state index is 15.0. The van der Waals surface area contributed by atoms with Gasteiger partial charge in [0.15, 0.2) is 0 Å². The van der Waals surface area contributed by atoms with Gasteiger partial charge in [-0.3, -0.25) is 14.9 Å². The third-order valence-corrected chi connectivity index (χ3v) is 12.9. The number of unbranched alkanes of at least 4 members (excludes halogenated alkanes) is 2. The van der Waals surface area contributed by atoms with E-state index in [1.54, 1.807) is 53.5 Å². The number of nitro groups is 1. The highest BCUT2D eigenvalue weighted by Gasteiger charge is 2.65. The Morgan fingerprint density at radius 1 is 0.985 bits per heavy atom. The van der Waals surface area contributed by atoms with Crippen molar-refractivity contribution >= 4 is 29.5 Å². The van der Waals surface area contributed by atoms with Gasteiger partial charge in [-0.05, 0) is 115 Å². The molecule has 3 N–H and O–H groups in total. The number of oxime groups is 1. The first-order chi connectivity index (χ1) is 33.1. The van der Waals surface area contributed by atoms with E-state index in [0.717, 1.165) is 29.5 Å². The van der Waals surface area contributed by atoms with E-state index in [2.05, 4.69) is 18.0 Å². The molecular formula is C53H59FN4O10. The van der Waals surface area contributed by atoms with Gasteiger partial charge in [-0.2, -0.15) is 0 Å². The molecule has 14 nitrogen and oxygen atoms in total. The van der Waals surface area contributed by atoms with Crippen LogP contribution in [-0.4, -0.2) is 76.0 Å². The number of halogens is 1. The van der Waals surface area contributed by atoms with E-state index in [0.29, 0.717) is 54.0 Å². The minimum atomic E-state index is -1.61. The van der Waals surface area contributed by atoms with E-state index in [1.807, 2.05) is 43.3 Å². The van der Waals surface area contributed by atoms with Crippen LogP contribution in [0.5, 0.6) is 11.5 Å². The van der Waals surface area contributed by atoms with Crippen LogP contribution in [0, 0.1) is 33.7 Å². The minimum Gasteiger partial charge on any atom is -0.459 e. The lowest BCUT2D eigenvalue weighted by Crippen LogP contribution is -2.70. The SMILES string of the molecule is C=CCOC12Oc3ccc(OC(=O)NCc4ccccc4)cc3C3C(CCCCO)C(CCCCO)C=C(C(=NOCC)CC1N(Cc1ccc(F)cc1)C(=O)C=Cc1ccc([N+](=O)[O-])cc1)C32. The molecule has 6 unspecified atom stereocenters. The first kappa shape index (κ1) is 49.2. The number of non-ortho nitro benzene ring substituents is 1. The number of amides is 2. The highest BCUT2D eigenvalue weighted by Crippen LogP contribution is 2.62. The number of carbonyl (C=O) groups excluding carboxylic acids is 2. The van der Waals surface area contributed by atoms with E-state index in [4.69, 9.17) is 24.2 Å². The van der Waals surface area contributed by atoms with Crippen molar-refractivity contribution in [3.05, 3.63) is 166 Å². The Kier molecular flexibility index (Phi) is 16.9. The van der Waals surface area contributed by atoms with Crippen molar-refractivity contribution in [1.82, 2.24) is 10.2 Å². The molecule has 1 saturated carbocycles. The molecule has 6 atom stereocenters. The van der Waals surface area contributed by atoms with Crippen molar-refractivity contribution in [2.75, 3.05) is 26.4 Å². The largest absolute Gasteiger partial charge is 0.459 e. The van der Waals surface area contributed by atoms with E-state index in [-0.39, 0.29) is 63.5 Å². The van der Waals surface area contributed by atoms with Gasteiger partial charge < -0.3 is 39.5 Å². The summed E-state index contributed by atoms with van der Waals surface area (Å²) in [4.78, 5) is 46.8. The third kappa shape index (κ3) is 11.5. The average Bonchev–Trinajstić information content (AvgIpc) is 3.35. The predicted octanol–water partition coefficient (Wildman–Crippen LogP) is 9.42. The summed E-state index contributed by atoms with van der Waals surface area (Å²) in [5.74, 6) is -2.93. The Bertz CT molecular complexity index is 2460. The second-order valence-electron chi connectivity index (χ2n) is 17.2.